The van der Waals surface area contributed by atoms with Crippen molar-refractivity contribution in [2.24, 2.45) is 11.8 Å². The Labute approximate surface area is 243 Å². The van der Waals surface area contributed by atoms with Crippen molar-refractivity contribution in [1.29, 1.82) is 0 Å². The minimum atomic E-state index is -0.293. The van der Waals surface area contributed by atoms with Crippen molar-refractivity contribution < 1.29 is 14.3 Å². The van der Waals surface area contributed by atoms with Crippen LogP contribution in [0.1, 0.15) is 53.9 Å². The molecule has 4 aromatic carbocycles. The number of hydrogen-bond acceptors (Lipinski definition) is 3. The summed E-state index contributed by atoms with van der Waals surface area (Å²) in [7, 11) is 3.43. The summed E-state index contributed by atoms with van der Waals surface area (Å²) in [4.78, 5) is 16.4. The lowest BCUT2D eigenvalue weighted by Crippen LogP contribution is -2.46. The first-order chi connectivity index (χ1) is 20.1. The van der Waals surface area contributed by atoms with Gasteiger partial charge in [-0.05, 0) is 66.3 Å². The number of nitrogens with zero attached hydrogens (tertiary/aromatic N) is 1. The van der Waals surface area contributed by atoms with Crippen LogP contribution in [0.2, 0.25) is 0 Å². The van der Waals surface area contributed by atoms with E-state index in [9.17, 15) is 4.79 Å². The Bertz CT molecular complexity index is 1450. The molecule has 0 radical (unpaired) electrons. The maximum Gasteiger partial charge on any atom is 0.229 e. The van der Waals surface area contributed by atoms with Gasteiger partial charge in [-0.15, -0.1) is 0 Å². The van der Waals surface area contributed by atoms with E-state index in [1.165, 1.54) is 16.7 Å². The molecule has 4 aromatic rings. The zero-order valence-electron chi connectivity index (χ0n) is 24.2. The van der Waals surface area contributed by atoms with E-state index in [1.54, 1.807) is 14.2 Å². The fraction of sp³-hybridized carbons (Fsp3) is 0.324. The molecule has 4 atom stereocenters. The number of ether oxygens (including phenoxy) is 2. The summed E-state index contributed by atoms with van der Waals surface area (Å²) in [5.74, 6) is 2.42. The number of rotatable bonds is 7. The van der Waals surface area contributed by atoms with E-state index in [2.05, 4.69) is 83.8 Å². The number of likely N-dealkylation sites (tertiary alicyclic amines) is 1. The summed E-state index contributed by atoms with van der Waals surface area (Å²) >= 11 is 0. The summed E-state index contributed by atoms with van der Waals surface area (Å²) in [5, 5.41) is 0. The molecule has 4 nitrogen and oxygen atoms in total. The van der Waals surface area contributed by atoms with E-state index in [0.29, 0.717) is 5.92 Å². The molecule has 0 spiro atoms. The van der Waals surface area contributed by atoms with E-state index < -0.39 is 0 Å². The Hall–Kier alpha value is -4.05. The fourth-order valence-corrected chi connectivity index (χ4v) is 7.87. The van der Waals surface area contributed by atoms with Crippen LogP contribution in [-0.2, 0) is 10.2 Å². The van der Waals surface area contributed by atoms with Crippen LogP contribution >= 0.6 is 0 Å². The van der Waals surface area contributed by atoms with Gasteiger partial charge in [0.2, 0.25) is 5.91 Å². The first-order valence-electron chi connectivity index (χ1n) is 14.7. The van der Waals surface area contributed by atoms with E-state index >= 15 is 0 Å². The van der Waals surface area contributed by atoms with Crippen molar-refractivity contribution in [3.8, 4) is 11.5 Å². The highest BCUT2D eigenvalue weighted by molar-refractivity contribution is 5.84. The zero-order valence-corrected chi connectivity index (χ0v) is 24.2. The third-order valence-electron chi connectivity index (χ3n) is 9.77. The summed E-state index contributed by atoms with van der Waals surface area (Å²) < 4.78 is 11.5. The molecule has 1 aliphatic carbocycles. The lowest BCUT2D eigenvalue weighted by atomic mass is 9.53. The molecule has 210 valence electrons. The molecular weight excluding hydrogens is 506 g/mol. The van der Waals surface area contributed by atoms with Crippen molar-refractivity contribution in [2.75, 3.05) is 27.3 Å². The third kappa shape index (κ3) is 4.69. The smallest absolute Gasteiger partial charge is 0.229 e. The molecule has 1 heterocycles. The highest BCUT2D eigenvalue weighted by Crippen LogP contribution is 2.58. The van der Waals surface area contributed by atoms with Crippen molar-refractivity contribution in [3.63, 3.8) is 0 Å². The first-order valence-corrected chi connectivity index (χ1v) is 14.7. The van der Waals surface area contributed by atoms with Gasteiger partial charge in [0, 0.05) is 24.1 Å². The Balaban J connectivity index is 1.45. The van der Waals surface area contributed by atoms with Gasteiger partial charge in [-0.3, -0.25) is 4.79 Å². The molecule has 1 aliphatic heterocycles. The van der Waals surface area contributed by atoms with Crippen LogP contribution in [0, 0.1) is 11.8 Å². The van der Waals surface area contributed by atoms with Gasteiger partial charge in [0.15, 0.2) is 0 Å². The molecule has 6 rings (SSSR count). The van der Waals surface area contributed by atoms with E-state index in [1.807, 2.05) is 37.3 Å². The zero-order chi connectivity index (χ0) is 28.4. The molecule has 2 aliphatic rings. The Morgan fingerprint density at radius 1 is 0.756 bits per heavy atom. The van der Waals surface area contributed by atoms with Crippen LogP contribution in [0.15, 0.2) is 109 Å². The van der Waals surface area contributed by atoms with Crippen LogP contribution in [-0.4, -0.2) is 38.1 Å². The number of para-hydroxylation sites is 2. The number of fused-ring (bicyclic) bond motifs is 1. The van der Waals surface area contributed by atoms with Crippen molar-refractivity contribution in [2.45, 2.75) is 37.0 Å². The van der Waals surface area contributed by atoms with Gasteiger partial charge < -0.3 is 14.4 Å². The molecule has 41 heavy (non-hydrogen) atoms. The van der Waals surface area contributed by atoms with Gasteiger partial charge in [-0.2, -0.15) is 0 Å². The molecule has 0 N–H and O–H groups in total. The summed E-state index contributed by atoms with van der Waals surface area (Å²) in [6.45, 7) is 3.47. The van der Waals surface area contributed by atoms with E-state index in [4.69, 9.17) is 9.47 Å². The number of amides is 1. The minimum Gasteiger partial charge on any atom is -0.496 e. The van der Waals surface area contributed by atoms with Gasteiger partial charge in [-0.1, -0.05) is 97.1 Å². The number of methoxy groups -OCH3 is 2. The second kappa shape index (κ2) is 11.4. The molecule has 2 fully saturated rings. The number of carbonyl (C=O) groups is 1. The van der Waals surface area contributed by atoms with Gasteiger partial charge >= 0.3 is 0 Å². The third-order valence-corrected chi connectivity index (χ3v) is 9.77. The highest BCUT2D eigenvalue weighted by Gasteiger charge is 2.56. The van der Waals surface area contributed by atoms with Crippen molar-refractivity contribution in [3.05, 3.63) is 131 Å². The Kier molecular flexibility index (Phi) is 7.57. The molecule has 1 amide bonds. The average molecular weight is 546 g/mol. The lowest BCUT2D eigenvalue weighted by Gasteiger charge is -2.49. The maximum absolute atomic E-state index is 14.3. The van der Waals surface area contributed by atoms with Crippen molar-refractivity contribution >= 4 is 5.91 Å². The summed E-state index contributed by atoms with van der Waals surface area (Å²) in [6, 6.07) is 38.3. The molecular formula is C37H39NO3. The maximum atomic E-state index is 14.3. The van der Waals surface area contributed by atoms with Gasteiger partial charge in [0.05, 0.1) is 20.1 Å². The summed E-state index contributed by atoms with van der Waals surface area (Å²) in [5.41, 5.74) is 4.69. The second-order valence-corrected chi connectivity index (χ2v) is 11.6. The summed E-state index contributed by atoms with van der Waals surface area (Å²) in [6.07, 6.45) is 2.03. The standard InChI is InChI=1S/C37H39NO3/c1-26(29-18-10-12-20-34(29)40-2)36(39)38-24-32-30(31-19-11-13-21-35(31)41-3)22-23-37(33(32)25-38,27-14-6-4-7-15-27)28-16-8-5-9-17-28/h4-21,26,30,32-33H,22-25H2,1-3H3/t26-,30+,32-,33-/m0/s1. The minimum absolute atomic E-state index is 0.165. The van der Waals surface area contributed by atoms with Gasteiger partial charge in [0.25, 0.3) is 0 Å². The van der Waals surface area contributed by atoms with Crippen LogP contribution in [0.4, 0.5) is 0 Å². The predicted molar refractivity (Wildman–Crippen MR) is 164 cm³/mol. The molecule has 4 heteroatoms. The van der Waals surface area contributed by atoms with Crippen LogP contribution in [0.3, 0.4) is 0 Å². The lowest BCUT2D eigenvalue weighted by molar-refractivity contribution is -0.131. The molecule has 1 saturated heterocycles. The van der Waals surface area contributed by atoms with Gasteiger partial charge in [-0.25, -0.2) is 0 Å². The number of benzene rings is 4. The van der Waals surface area contributed by atoms with Crippen molar-refractivity contribution in [1.82, 2.24) is 4.90 Å². The van der Waals surface area contributed by atoms with Crippen LogP contribution in [0.5, 0.6) is 11.5 Å². The Morgan fingerprint density at radius 3 is 1.95 bits per heavy atom. The average Bonchev–Trinajstić information content (AvgIpc) is 3.50. The van der Waals surface area contributed by atoms with E-state index in [0.717, 1.165) is 43.0 Å². The monoisotopic (exact) mass is 545 g/mol. The molecule has 0 unspecified atom stereocenters. The molecule has 1 saturated carbocycles. The van der Waals surface area contributed by atoms with Crippen LogP contribution in [0.25, 0.3) is 0 Å². The number of hydrogen-bond donors (Lipinski definition) is 0. The topological polar surface area (TPSA) is 38.8 Å². The van der Waals surface area contributed by atoms with Crippen LogP contribution < -0.4 is 9.47 Å². The molecule has 0 aromatic heterocycles. The largest absolute Gasteiger partial charge is 0.496 e. The predicted octanol–water partition coefficient (Wildman–Crippen LogP) is 7.45. The quantitative estimate of drug-likeness (QED) is 0.242. The fourth-order valence-electron chi connectivity index (χ4n) is 7.87. The number of carbonyl (C=O) groups excluding carboxylic acids is 1. The van der Waals surface area contributed by atoms with Gasteiger partial charge in [0.1, 0.15) is 11.5 Å². The molecule has 0 bridgehead atoms. The highest BCUT2D eigenvalue weighted by atomic mass is 16.5. The van der Waals surface area contributed by atoms with E-state index in [-0.39, 0.29) is 29.1 Å². The normalized spacial score (nSPS) is 22.0. The SMILES string of the molecule is COc1ccccc1[C@H](C)C(=O)N1C[C@H]2[C@@H](c3ccccc3OC)CCC(c3ccccc3)(c3ccccc3)[C@H]2C1. The first kappa shape index (κ1) is 27.1. The Morgan fingerprint density at radius 2 is 1.32 bits per heavy atom. The second-order valence-electron chi connectivity index (χ2n) is 11.6.